The van der Waals surface area contributed by atoms with E-state index in [1.165, 1.54) is 6.92 Å². The minimum absolute atomic E-state index is 0.0399. The number of aldehydes is 1. The summed E-state index contributed by atoms with van der Waals surface area (Å²) < 4.78 is 0. The van der Waals surface area contributed by atoms with Crippen LogP contribution in [0, 0.1) is 20.2 Å². The molecule has 2 N–H and O–H groups in total. The van der Waals surface area contributed by atoms with Crippen LogP contribution in [-0.2, 0) is 4.79 Å². The molecule has 9 heteroatoms. The van der Waals surface area contributed by atoms with Crippen LogP contribution in [0.2, 0.25) is 0 Å². The molecule has 0 bridgehead atoms. The van der Waals surface area contributed by atoms with Gasteiger partial charge in [-0.1, -0.05) is 44.1 Å². The minimum atomic E-state index is -1.48. The molecule has 0 saturated heterocycles. The molecule has 0 aromatic rings. The van der Waals surface area contributed by atoms with E-state index in [0.29, 0.717) is 12.8 Å². The second-order valence-electron chi connectivity index (χ2n) is 7.06. The summed E-state index contributed by atoms with van der Waals surface area (Å²) in [6.45, 7) is 1.53. The Morgan fingerprint density at radius 1 is 0.828 bits per heavy atom. The van der Waals surface area contributed by atoms with Crippen LogP contribution in [0.3, 0.4) is 0 Å². The molecule has 166 valence electrons. The highest BCUT2D eigenvalue weighted by Crippen LogP contribution is 2.16. The summed E-state index contributed by atoms with van der Waals surface area (Å²) in [7, 11) is 0. The van der Waals surface area contributed by atoms with Gasteiger partial charge in [0.15, 0.2) is 0 Å². The summed E-state index contributed by atoms with van der Waals surface area (Å²) in [5.74, 6) is 0. The molecule has 9 nitrogen and oxygen atoms in total. The molecule has 4 unspecified atom stereocenters. The number of hydrogen-bond acceptors (Lipinski definition) is 7. The van der Waals surface area contributed by atoms with Crippen molar-refractivity contribution in [3.8, 4) is 0 Å². The van der Waals surface area contributed by atoms with E-state index in [1.54, 1.807) is 12.2 Å². The van der Waals surface area contributed by atoms with E-state index in [2.05, 4.69) is 6.08 Å². The van der Waals surface area contributed by atoms with Gasteiger partial charge in [0.25, 0.3) is 0 Å². The van der Waals surface area contributed by atoms with Crippen LogP contribution in [0.5, 0.6) is 0 Å². The third-order valence-electron chi connectivity index (χ3n) is 4.76. The Bertz CT molecular complexity index is 537. The van der Waals surface area contributed by atoms with E-state index >= 15 is 0 Å². The Kier molecular flexibility index (Phi) is 15.6. The molecule has 0 rings (SSSR count). The Morgan fingerprint density at radius 3 is 1.97 bits per heavy atom. The van der Waals surface area contributed by atoms with Crippen LogP contribution in [0.25, 0.3) is 0 Å². The smallest absolute Gasteiger partial charge is 0.241 e. The first-order valence-electron chi connectivity index (χ1n) is 10.2. The number of unbranched alkanes of at least 4 members (excludes halogenated alkanes) is 5. The molecular formula is C20H34N2O7. The molecule has 4 atom stereocenters. The van der Waals surface area contributed by atoms with Crippen molar-refractivity contribution in [2.75, 3.05) is 0 Å². The number of nitrogens with zero attached hydrogens (tertiary/aromatic N) is 2. The van der Waals surface area contributed by atoms with Gasteiger partial charge >= 0.3 is 0 Å². The van der Waals surface area contributed by atoms with Crippen LogP contribution in [0.1, 0.15) is 71.1 Å². The van der Waals surface area contributed by atoms with Crippen LogP contribution in [0.15, 0.2) is 24.3 Å². The lowest BCUT2D eigenvalue weighted by Crippen LogP contribution is -2.42. The van der Waals surface area contributed by atoms with E-state index in [4.69, 9.17) is 0 Å². The number of hydrogen-bond donors (Lipinski definition) is 2. The maximum atomic E-state index is 11.2. The predicted molar refractivity (Wildman–Crippen MR) is 110 cm³/mol. The summed E-state index contributed by atoms with van der Waals surface area (Å²) in [5, 5.41) is 42.1. The van der Waals surface area contributed by atoms with Crippen molar-refractivity contribution in [2.24, 2.45) is 0 Å². The fourth-order valence-electron chi connectivity index (χ4n) is 2.97. The SMILES string of the molecule is CCC(C(O)CC(C(O)C/C=C\C/C=C\CCCCCCC=O)[N+](=O)[O-])[N+](=O)[O-]. The van der Waals surface area contributed by atoms with Gasteiger partial charge in [0, 0.05) is 22.7 Å². The van der Waals surface area contributed by atoms with Gasteiger partial charge in [0.2, 0.25) is 12.1 Å². The first-order chi connectivity index (χ1) is 13.8. The topological polar surface area (TPSA) is 144 Å². The van der Waals surface area contributed by atoms with Crippen LogP contribution in [-0.4, -0.2) is 50.6 Å². The van der Waals surface area contributed by atoms with Crippen molar-refractivity contribution < 1.29 is 24.9 Å². The van der Waals surface area contributed by atoms with Crippen molar-refractivity contribution in [1.82, 2.24) is 0 Å². The monoisotopic (exact) mass is 414 g/mol. The second kappa shape index (κ2) is 16.8. The third kappa shape index (κ3) is 12.8. The summed E-state index contributed by atoms with van der Waals surface area (Å²) in [4.78, 5) is 30.9. The number of carbonyl (C=O) groups is 1. The lowest BCUT2D eigenvalue weighted by molar-refractivity contribution is -0.553. The zero-order chi connectivity index (χ0) is 22.1. The quantitative estimate of drug-likeness (QED) is 0.115. The highest BCUT2D eigenvalue weighted by molar-refractivity contribution is 5.48. The van der Waals surface area contributed by atoms with Gasteiger partial charge < -0.3 is 15.0 Å². The Labute approximate surface area is 171 Å². The summed E-state index contributed by atoms with van der Waals surface area (Å²) in [6, 6.07) is -2.74. The standard InChI is InChI=1S/C20H34N2O7/c1-2-17(21(26)27)20(25)16-18(22(28)29)19(24)14-12-10-8-6-4-3-5-7-9-11-13-15-23/h4,6,10,12,15,17-20,24-25H,2-3,5,7-9,11,13-14,16H2,1H3/b6-4-,12-10-. The summed E-state index contributed by atoms with van der Waals surface area (Å²) in [6.07, 6.45) is 11.6. The maximum Gasteiger partial charge on any atom is 0.241 e. The fraction of sp³-hybridized carbons (Fsp3) is 0.750. The van der Waals surface area contributed by atoms with Gasteiger partial charge in [-0.05, 0) is 32.1 Å². The predicted octanol–water partition coefficient (Wildman–Crippen LogP) is 3.23. The fourth-order valence-corrected chi connectivity index (χ4v) is 2.97. The van der Waals surface area contributed by atoms with Crippen LogP contribution in [0.4, 0.5) is 0 Å². The Balaban J connectivity index is 4.24. The minimum Gasteiger partial charge on any atom is -0.386 e. The van der Waals surface area contributed by atoms with Gasteiger partial charge in [0.1, 0.15) is 18.5 Å². The van der Waals surface area contributed by atoms with Gasteiger partial charge in [-0.15, -0.1) is 0 Å². The molecule has 0 amide bonds. The molecule has 0 fully saturated rings. The second-order valence-corrected chi connectivity index (χ2v) is 7.06. The lowest BCUT2D eigenvalue weighted by Gasteiger charge is -2.19. The van der Waals surface area contributed by atoms with Crippen LogP contribution < -0.4 is 0 Å². The van der Waals surface area contributed by atoms with Gasteiger partial charge in [0.05, 0.1) is 6.42 Å². The number of allylic oxidation sites excluding steroid dienone is 3. The highest BCUT2D eigenvalue weighted by Gasteiger charge is 2.37. The van der Waals surface area contributed by atoms with E-state index in [1.807, 2.05) is 6.08 Å². The van der Waals surface area contributed by atoms with Crippen molar-refractivity contribution >= 4 is 6.29 Å². The van der Waals surface area contributed by atoms with Crippen molar-refractivity contribution in [2.45, 2.75) is 95.4 Å². The van der Waals surface area contributed by atoms with Crippen molar-refractivity contribution in [1.29, 1.82) is 0 Å². The van der Waals surface area contributed by atoms with E-state index in [9.17, 15) is 35.2 Å². The largest absolute Gasteiger partial charge is 0.386 e. The lowest BCUT2D eigenvalue weighted by atomic mass is 9.96. The van der Waals surface area contributed by atoms with E-state index < -0.39 is 40.6 Å². The van der Waals surface area contributed by atoms with Crippen LogP contribution >= 0.6 is 0 Å². The van der Waals surface area contributed by atoms with Crippen molar-refractivity contribution in [3.05, 3.63) is 44.5 Å². The zero-order valence-corrected chi connectivity index (χ0v) is 17.1. The highest BCUT2D eigenvalue weighted by atomic mass is 16.6. The number of aliphatic hydroxyl groups excluding tert-OH is 2. The normalized spacial score (nSPS) is 16.0. The number of aliphatic hydroxyl groups is 2. The molecule has 0 saturated carbocycles. The summed E-state index contributed by atoms with van der Waals surface area (Å²) in [5.41, 5.74) is 0. The first kappa shape index (κ1) is 26.9. The average molecular weight is 414 g/mol. The molecule has 0 heterocycles. The molecule has 29 heavy (non-hydrogen) atoms. The number of rotatable bonds is 18. The van der Waals surface area contributed by atoms with E-state index in [-0.39, 0.29) is 12.8 Å². The molecule has 0 aliphatic rings. The molecule has 0 aliphatic heterocycles. The van der Waals surface area contributed by atoms with E-state index in [0.717, 1.165) is 38.4 Å². The number of nitro groups is 2. The van der Waals surface area contributed by atoms with Gasteiger partial charge in [-0.3, -0.25) is 20.2 Å². The molecule has 0 radical (unpaired) electrons. The first-order valence-corrected chi connectivity index (χ1v) is 10.2. The zero-order valence-electron chi connectivity index (χ0n) is 17.1. The number of carbonyl (C=O) groups excluding carboxylic acids is 1. The molecule has 0 aromatic heterocycles. The maximum absolute atomic E-state index is 11.2. The molecule has 0 aliphatic carbocycles. The Hall–Kier alpha value is -2.13. The van der Waals surface area contributed by atoms with Crippen molar-refractivity contribution in [3.63, 3.8) is 0 Å². The Morgan fingerprint density at radius 2 is 1.41 bits per heavy atom. The third-order valence-corrected chi connectivity index (χ3v) is 4.76. The summed E-state index contributed by atoms with van der Waals surface area (Å²) >= 11 is 0. The van der Waals surface area contributed by atoms with Gasteiger partial charge in [-0.2, -0.15) is 0 Å². The molecular weight excluding hydrogens is 380 g/mol. The van der Waals surface area contributed by atoms with Gasteiger partial charge in [-0.25, -0.2) is 0 Å². The average Bonchev–Trinajstić information content (AvgIpc) is 2.66. The molecule has 0 aromatic carbocycles. The molecule has 0 spiro atoms.